The molecule has 0 aliphatic rings. The number of aliphatic imine (C=N–C) groups is 1. The molecule has 24 heavy (non-hydrogen) atoms. The van der Waals surface area contributed by atoms with Crippen molar-refractivity contribution in [3.8, 4) is 5.75 Å². The topological polar surface area (TPSA) is 71.7 Å². The van der Waals surface area contributed by atoms with Gasteiger partial charge >= 0.3 is 0 Å². The number of nitrogens with one attached hydrogen (secondary N) is 2. The molecular formula is C18H26N4O2. The number of aromatic nitrogens is 1. The molecular weight excluding hydrogens is 304 g/mol. The van der Waals surface area contributed by atoms with Crippen LogP contribution in [0, 0.1) is 0 Å². The van der Waals surface area contributed by atoms with Crippen molar-refractivity contribution in [3.05, 3.63) is 47.3 Å². The number of nitrogens with zero attached hydrogens (tertiary/aromatic N) is 2. The lowest BCUT2D eigenvalue weighted by Gasteiger charge is -2.11. The largest absolute Gasteiger partial charge is 0.496 e. The summed E-state index contributed by atoms with van der Waals surface area (Å²) in [5, 5.41) is 10.6. The van der Waals surface area contributed by atoms with Crippen molar-refractivity contribution in [2.24, 2.45) is 4.99 Å². The molecule has 0 saturated carbocycles. The first kappa shape index (κ1) is 17.8. The molecule has 2 aromatic rings. The normalized spacial score (nSPS) is 11.6. The number of benzene rings is 1. The fourth-order valence-electron chi connectivity index (χ4n) is 2.19. The second-order valence-electron chi connectivity index (χ2n) is 5.73. The van der Waals surface area contributed by atoms with Gasteiger partial charge < -0.3 is 19.9 Å². The summed E-state index contributed by atoms with van der Waals surface area (Å²) in [5.74, 6) is 2.72. The zero-order chi connectivity index (χ0) is 17.4. The molecule has 0 atom stereocenters. The molecule has 6 nitrogen and oxygen atoms in total. The second-order valence-corrected chi connectivity index (χ2v) is 5.73. The van der Waals surface area contributed by atoms with E-state index in [4.69, 9.17) is 9.26 Å². The molecule has 0 amide bonds. The number of hydrogen-bond donors (Lipinski definition) is 2. The molecule has 0 aliphatic carbocycles. The molecule has 0 aliphatic heterocycles. The Hall–Kier alpha value is -2.50. The van der Waals surface area contributed by atoms with Crippen molar-refractivity contribution in [1.82, 2.24) is 15.8 Å². The van der Waals surface area contributed by atoms with E-state index in [2.05, 4.69) is 34.6 Å². The van der Waals surface area contributed by atoms with Crippen LogP contribution in [0.25, 0.3) is 0 Å². The van der Waals surface area contributed by atoms with E-state index in [9.17, 15) is 0 Å². The molecule has 0 radical (unpaired) electrons. The highest BCUT2D eigenvalue weighted by Crippen LogP contribution is 2.18. The van der Waals surface area contributed by atoms with Crippen LogP contribution >= 0.6 is 0 Å². The van der Waals surface area contributed by atoms with E-state index in [1.807, 2.05) is 37.3 Å². The van der Waals surface area contributed by atoms with Gasteiger partial charge in [-0.15, -0.1) is 0 Å². The van der Waals surface area contributed by atoms with Crippen molar-refractivity contribution < 1.29 is 9.26 Å². The SMILES string of the molecule is CCNC(=NCc1ccccc1OC)NCc1cc(C(C)C)no1. The maximum Gasteiger partial charge on any atom is 0.191 e. The Kier molecular flexibility index (Phi) is 6.66. The predicted molar refractivity (Wildman–Crippen MR) is 95.2 cm³/mol. The Labute approximate surface area is 143 Å². The average molecular weight is 330 g/mol. The van der Waals surface area contributed by atoms with Crippen molar-refractivity contribution >= 4 is 5.96 Å². The highest BCUT2D eigenvalue weighted by molar-refractivity contribution is 5.79. The van der Waals surface area contributed by atoms with Crippen LogP contribution in [0.4, 0.5) is 0 Å². The minimum absolute atomic E-state index is 0.356. The van der Waals surface area contributed by atoms with Gasteiger partial charge in [0.25, 0.3) is 0 Å². The molecule has 1 heterocycles. The van der Waals surface area contributed by atoms with Gasteiger partial charge in [-0.05, 0) is 18.9 Å². The van der Waals surface area contributed by atoms with Crippen molar-refractivity contribution in [2.45, 2.75) is 39.8 Å². The number of methoxy groups -OCH3 is 1. The average Bonchev–Trinajstić information content (AvgIpc) is 3.07. The number of guanidine groups is 1. The summed E-state index contributed by atoms with van der Waals surface area (Å²) in [7, 11) is 1.67. The molecule has 6 heteroatoms. The summed E-state index contributed by atoms with van der Waals surface area (Å²) >= 11 is 0. The Bertz CT molecular complexity index is 665. The van der Waals surface area contributed by atoms with E-state index in [0.29, 0.717) is 19.0 Å². The van der Waals surface area contributed by atoms with E-state index in [-0.39, 0.29) is 0 Å². The predicted octanol–water partition coefficient (Wildman–Crippen LogP) is 3.06. The van der Waals surface area contributed by atoms with E-state index in [0.717, 1.165) is 35.3 Å². The van der Waals surface area contributed by atoms with Crippen LogP contribution in [-0.2, 0) is 13.1 Å². The van der Waals surface area contributed by atoms with Gasteiger partial charge in [-0.2, -0.15) is 0 Å². The summed E-state index contributed by atoms with van der Waals surface area (Å²) < 4.78 is 10.7. The Morgan fingerprint density at radius 3 is 2.75 bits per heavy atom. The van der Waals surface area contributed by atoms with Crippen LogP contribution in [0.5, 0.6) is 5.75 Å². The van der Waals surface area contributed by atoms with Crippen LogP contribution in [-0.4, -0.2) is 24.8 Å². The summed E-state index contributed by atoms with van der Waals surface area (Å²) in [6, 6.07) is 9.85. The van der Waals surface area contributed by atoms with Crippen LogP contribution in [0.2, 0.25) is 0 Å². The zero-order valence-electron chi connectivity index (χ0n) is 14.8. The van der Waals surface area contributed by atoms with E-state index in [1.165, 1.54) is 0 Å². The highest BCUT2D eigenvalue weighted by atomic mass is 16.5. The minimum Gasteiger partial charge on any atom is -0.496 e. The lowest BCUT2D eigenvalue weighted by Crippen LogP contribution is -2.36. The number of para-hydroxylation sites is 1. The third kappa shape index (κ3) is 5.01. The summed E-state index contributed by atoms with van der Waals surface area (Å²) in [6.07, 6.45) is 0. The lowest BCUT2D eigenvalue weighted by atomic mass is 10.1. The standard InChI is InChI=1S/C18H26N4O2/c1-5-19-18(20-11-14-8-6-7-9-17(14)23-4)21-12-15-10-16(13(2)3)22-24-15/h6-10,13H,5,11-12H2,1-4H3,(H2,19,20,21). The molecule has 0 saturated heterocycles. The van der Waals surface area contributed by atoms with Gasteiger partial charge in [0.2, 0.25) is 0 Å². The van der Waals surface area contributed by atoms with Gasteiger partial charge in [-0.3, -0.25) is 0 Å². The third-order valence-electron chi connectivity index (χ3n) is 3.54. The minimum atomic E-state index is 0.356. The van der Waals surface area contributed by atoms with Crippen LogP contribution in [0.15, 0.2) is 39.8 Å². The molecule has 1 aromatic carbocycles. The van der Waals surface area contributed by atoms with E-state index < -0.39 is 0 Å². The Morgan fingerprint density at radius 2 is 2.08 bits per heavy atom. The van der Waals surface area contributed by atoms with Crippen molar-refractivity contribution in [2.75, 3.05) is 13.7 Å². The molecule has 0 fully saturated rings. The fourth-order valence-corrected chi connectivity index (χ4v) is 2.19. The number of ether oxygens (including phenoxy) is 1. The highest BCUT2D eigenvalue weighted by Gasteiger charge is 2.08. The molecule has 2 rings (SSSR count). The first-order valence-electron chi connectivity index (χ1n) is 8.23. The lowest BCUT2D eigenvalue weighted by molar-refractivity contribution is 0.372. The summed E-state index contributed by atoms with van der Waals surface area (Å²) in [6.45, 7) is 8.07. The van der Waals surface area contributed by atoms with Gasteiger partial charge in [0.15, 0.2) is 11.7 Å². The maximum absolute atomic E-state index is 5.36. The van der Waals surface area contributed by atoms with E-state index >= 15 is 0 Å². The quantitative estimate of drug-likeness (QED) is 0.603. The Balaban J connectivity index is 1.99. The summed E-state index contributed by atoms with van der Waals surface area (Å²) in [5.41, 5.74) is 2.00. The van der Waals surface area contributed by atoms with Gasteiger partial charge in [0.05, 0.1) is 25.9 Å². The summed E-state index contributed by atoms with van der Waals surface area (Å²) in [4.78, 5) is 4.60. The van der Waals surface area contributed by atoms with Gasteiger partial charge in [0, 0.05) is 18.2 Å². The molecule has 0 bridgehead atoms. The first-order valence-corrected chi connectivity index (χ1v) is 8.23. The van der Waals surface area contributed by atoms with Gasteiger partial charge in [0.1, 0.15) is 5.75 Å². The monoisotopic (exact) mass is 330 g/mol. The first-order chi connectivity index (χ1) is 11.6. The number of rotatable bonds is 7. The number of hydrogen-bond acceptors (Lipinski definition) is 4. The molecule has 0 unspecified atom stereocenters. The van der Waals surface area contributed by atoms with Crippen molar-refractivity contribution in [3.63, 3.8) is 0 Å². The molecule has 1 aromatic heterocycles. The van der Waals surface area contributed by atoms with Crippen LogP contribution < -0.4 is 15.4 Å². The van der Waals surface area contributed by atoms with Crippen LogP contribution in [0.1, 0.15) is 43.7 Å². The van der Waals surface area contributed by atoms with Crippen LogP contribution in [0.3, 0.4) is 0 Å². The maximum atomic E-state index is 5.36. The molecule has 130 valence electrons. The smallest absolute Gasteiger partial charge is 0.191 e. The van der Waals surface area contributed by atoms with Crippen molar-refractivity contribution in [1.29, 1.82) is 0 Å². The Morgan fingerprint density at radius 1 is 1.29 bits per heavy atom. The van der Waals surface area contributed by atoms with Gasteiger partial charge in [-0.25, -0.2) is 4.99 Å². The third-order valence-corrected chi connectivity index (χ3v) is 3.54. The van der Waals surface area contributed by atoms with E-state index in [1.54, 1.807) is 7.11 Å². The van der Waals surface area contributed by atoms with Gasteiger partial charge in [-0.1, -0.05) is 37.2 Å². The molecule has 2 N–H and O–H groups in total. The molecule has 0 spiro atoms. The zero-order valence-corrected chi connectivity index (χ0v) is 14.8. The fraction of sp³-hybridized carbons (Fsp3) is 0.444. The second kappa shape index (κ2) is 8.96.